The van der Waals surface area contributed by atoms with Gasteiger partial charge in [-0.3, -0.25) is 4.99 Å². The number of hydrogen-bond acceptors (Lipinski definition) is 2. The van der Waals surface area contributed by atoms with Crippen molar-refractivity contribution in [1.82, 2.24) is 19.8 Å². The second kappa shape index (κ2) is 5.94. The van der Waals surface area contributed by atoms with E-state index in [2.05, 4.69) is 53.7 Å². The van der Waals surface area contributed by atoms with E-state index >= 15 is 0 Å². The molecule has 22 heavy (non-hydrogen) atoms. The van der Waals surface area contributed by atoms with Gasteiger partial charge in [0.25, 0.3) is 0 Å². The lowest BCUT2D eigenvalue weighted by molar-refractivity contribution is 0.188. The molecule has 3 unspecified atom stereocenters. The predicted octanol–water partition coefficient (Wildman–Crippen LogP) is 2.53. The molecular weight excluding hydrogens is 274 g/mol. The zero-order valence-electron chi connectivity index (χ0n) is 14.3. The van der Waals surface area contributed by atoms with Crippen LogP contribution in [0.3, 0.4) is 0 Å². The van der Waals surface area contributed by atoms with Gasteiger partial charge in [-0.15, -0.1) is 0 Å². The summed E-state index contributed by atoms with van der Waals surface area (Å²) in [6.07, 6.45) is 8.33. The summed E-state index contributed by atoms with van der Waals surface area (Å²) < 4.78 is 2.25. The summed E-state index contributed by atoms with van der Waals surface area (Å²) in [6.45, 7) is 12.0. The van der Waals surface area contributed by atoms with Crippen LogP contribution in [0.15, 0.2) is 23.7 Å². The lowest BCUT2D eigenvalue weighted by Gasteiger charge is -2.39. The minimum atomic E-state index is 0.418. The largest absolute Gasteiger partial charge is 0.353 e. The van der Waals surface area contributed by atoms with E-state index in [1.807, 2.05) is 12.5 Å². The number of likely N-dealkylation sites (tertiary alicyclic amines) is 1. The lowest BCUT2D eigenvalue weighted by Crippen LogP contribution is -2.50. The molecule has 3 atom stereocenters. The minimum Gasteiger partial charge on any atom is -0.353 e. The zero-order chi connectivity index (χ0) is 15.7. The van der Waals surface area contributed by atoms with Crippen LogP contribution in [-0.2, 0) is 0 Å². The maximum absolute atomic E-state index is 4.74. The van der Waals surface area contributed by atoms with Crippen molar-refractivity contribution >= 4 is 5.96 Å². The number of imidazole rings is 1. The normalized spacial score (nSPS) is 31.2. The fraction of sp³-hybridized carbons (Fsp3) is 0.765. The molecule has 5 nitrogen and oxygen atoms in total. The van der Waals surface area contributed by atoms with E-state index in [-0.39, 0.29) is 0 Å². The van der Waals surface area contributed by atoms with Gasteiger partial charge in [0, 0.05) is 38.1 Å². The van der Waals surface area contributed by atoms with Crippen molar-refractivity contribution in [1.29, 1.82) is 0 Å². The highest BCUT2D eigenvalue weighted by molar-refractivity contribution is 5.81. The van der Waals surface area contributed by atoms with Crippen molar-refractivity contribution < 1.29 is 0 Å². The van der Waals surface area contributed by atoms with Gasteiger partial charge in [-0.05, 0) is 31.1 Å². The van der Waals surface area contributed by atoms with Gasteiger partial charge in [0.05, 0.1) is 12.4 Å². The molecular formula is C17H29N5. The number of piperidine rings is 1. The summed E-state index contributed by atoms with van der Waals surface area (Å²) in [4.78, 5) is 11.4. The number of aromatic nitrogens is 2. The quantitative estimate of drug-likeness (QED) is 0.689. The van der Waals surface area contributed by atoms with Crippen LogP contribution in [0.5, 0.6) is 0 Å². The molecule has 2 fully saturated rings. The third-order valence-electron chi connectivity index (χ3n) is 5.25. The Morgan fingerprint density at radius 1 is 1.45 bits per heavy atom. The molecule has 0 radical (unpaired) electrons. The van der Waals surface area contributed by atoms with E-state index in [0.717, 1.165) is 25.6 Å². The molecule has 2 aliphatic rings. The lowest BCUT2D eigenvalue weighted by atomic mass is 9.93. The second-order valence-corrected chi connectivity index (χ2v) is 7.48. The summed E-state index contributed by atoms with van der Waals surface area (Å²) in [5.41, 5.74) is 0.418. The van der Waals surface area contributed by atoms with E-state index in [1.54, 1.807) is 0 Å². The summed E-state index contributed by atoms with van der Waals surface area (Å²) in [6, 6.07) is 1.05. The monoisotopic (exact) mass is 303 g/mol. The SMILES string of the molecule is CCN=C(NC1CC1(C)C)N1CCC(C)C(n2ccnc2)C1. The number of guanidine groups is 1. The average molecular weight is 303 g/mol. The van der Waals surface area contributed by atoms with Gasteiger partial charge in [0.2, 0.25) is 0 Å². The maximum atomic E-state index is 4.74. The fourth-order valence-corrected chi connectivity index (χ4v) is 3.35. The first-order chi connectivity index (χ1) is 10.5. The van der Waals surface area contributed by atoms with E-state index in [1.165, 1.54) is 12.8 Å². The standard InChI is InChI=1S/C17H29N5/c1-5-19-16(20-15-10-17(15,3)4)21-8-6-13(2)14(11-21)22-9-7-18-12-22/h7,9,12-15H,5-6,8,10-11H2,1-4H3,(H,19,20). The average Bonchev–Trinajstić information content (AvgIpc) is 2.91. The Morgan fingerprint density at radius 2 is 2.23 bits per heavy atom. The smallest absolute Gasteiger partial charge is 0.194 e. The molecule has 122 valence electrons. The molecule has 0 spiro atoms. The van der Waals surface area contributed by atoms with E-state index in [9.17, 15) is 0 Å². The van der Waals surface area contributed by atoms with Crippen LogP contribution in [-0.4, -0.2) is 46.1 Å². The molecule has 1 aromatic heterocycles. The van der Waals surface area contributed by atoms with Crippen molar-refractivity contribution in [2.24, 2.45) is 16.3 Å². The maximum Gasteiger partial charge on any atom is 0.194 e. The highest BCUT2D eigenvalue weighted by Gasteiger charge is 2.46. The van der Waals surface area contributed by atoms with Gasteiger partial charge in [-0.25, -0.2) is 4.98 Å². The highest BCUT2D eigenvalue weighted by Crippen LogP contribution is 2.44. The molecule has 0 aromatic carbocycles. The van der Waals surface area contributed by atoms with Gasteiger partial charge in [0.1, 0.15) is 0 Å². The molecule has 1 aromatic rings. The Morgan fingerprint density at radius 3 is 2.82 bits per heavy atom. The first-order valence-corrected chi connectivity index (χ1v) is 8.54. The number of rotatable bonds is 3. The van der Waals surface area contributed by atoms with Crippen LogP contribution in [0.1, 0.15) is 46.6 Å². The molecule has 1 aliphatic heterocycles. The van der Waals surface area contributed by atoms with Gasteiger partial charge < -0.3 is 14.8 Å². The number of nitrogens with one attached hydrogen (secondary N) is 1. The molecule has 1 N–H and O–H groups in total. The van der Waals surface area contributed by atoms with Crippen molar-refractivity contribution in [2.45, 2.75) is 52.6 Å². The number of nitrogens with zero attached hydrogens (tertiary/aromatic N) is 4. The Hall–Kier alpha value is -1.52. The highest BCUT2D eigenvalue weighted by atomic mass is 15.3. The van der Waals surface area contributed by atoms with Crippen LogP contribution in [0.25, 0.3) is 0 Å². The third-order valence-corrected chi connectivity index (χ3v) is 5.25. The van der Waals surface area contributed by atoms with Crippen LogP contribution < -0.4 is 5.32 Å². The molecule has 1 saturated carbocycles. The summed E-state index contributed by atoms with van der Waals surface area (Å²) in [5.74, 6) is 1.76. The van der Waals surface area contributed by atoms with Crippen molar-refractivity contribution in [3.63, 3.8) is 0 Å². The second-order valence-electron chi connectivity index (χ2n) is 7.48. The molecule has 0 amide bonds. The molecule has 5 heteroatoms. The van der Waals surface area contributed by atoms with Crippen molar-refractivity contribution in [2.75, 3.05) is 19.6 Å². The number of aliphatic imine (C=N–C) groups is 1. The molecule has 1 saturated heterocycles. The van der Waals surface area contributed by atoms with Gasteiger partial charge >= 0.3 is 0 Å². The van der Waals surface area contributed by atoms with Gasteiger partial charge in [0.15, 0.2) is 5.96 Å². The van der Waals surface area contributed by atoms with Gasteiger partial charge in [-0.1, -0.05) is 20.8 Å². The summed E-state index contributed by atoms with van der Waals surface area (Å²) in [7, 11) is 0. The summed E-state index contributed by atoms with van der Waals surface area (Å²) >= 11 is 0. The van der Waals surface area contributed by atoms with Crippen LogP contribution in [0.2, 0.25) is 0 Å². The summed E-state index contributed by atoms with van der Waals surface area (Å²) in [5, 5.41) is 3.68. The Balaban J connectivity index is 1.70. The Kier molecular flexibility index (Phi) is 4.15. The van der Waals surface area contributed by atoms with E-state index in [0.29, 0.717) is 23.4 Å². The van der Waals surface area contributed by atoms with E-state index < -0.39 is 0 Å². The van der Waals surface area contributed by atoms with Crippen LogP contribution in [0, 0.1) is 11.3 Å². The van der Waals surface area contributed by atoms with Gasteiger partial charge in [-0.2, -0.15) is 0 Å². The zero-order valence-corrected chi connectivity index (χ0v) is 14.3. The Labute approximate surface area is 133 Å². The topological polar surface area (TPSA) is 45.5 Å². The first-order valence-electron chi connectivity index (χ1n) is 8.54. The fourth-order valence-electron chi connectivity index (χ4n) is 3.35. The molecule has 0 bridgehead atoms. The first kappa shape index (κ1) is 15.4. The predicted molar refractivity (Wildman–Crippen MR) is 89.9 cm³/mol. The minimum absolute atomic E-state index is 0.418. The molecule has 2 heterocycles. The number of hydrogen-bond donors (Lipinski definition) is 1. The van der Waals surface area contributed by atoms with Crippen molar-refractivity contribution in [3.05, 3.63) is 18.7 Å². The van der Waals surface area contributed by atoms with E-state index in [4.69, 9.17) is 4.99 Å². The molecule has 3 rings (SSSR count). The molecule has 1 aliphatic carbocycles. The van der Waals surface area contributed by atoms with Crippen LogP contribution >= 0.6 is 0 Å². The van der Waals surface area contributed by atoms with Crippen molar-refractivity contribution in [3.8, 4) is 0 Å². The third kappa shape index (κ3) is 3.13. The Bertz CT molecular complexity index is 519. The van der Waals surface area contributed by atoms with Crippen LogP contribution in [0.4, 0.5) is 0 Å².